The minimum Gasteiger partial charge on any atom is -0.381 e. The number of H-pyrrole nitrogens is 1. The molecule has 2 fully saturated rings. The fourth-order valence-electron chi connectivity index (χ4n) is 6.27. The summed E-state index contributed by atoms with van der Waals surface area (Å²) in [6, 6.07) is 3.52. The first-order valence-corrected chi connectivity index (χ1v) is 14.8. The molecule has 3 aliphatic rings. The highest BCUT2D eigenvalue weighted by molar-refractivity contribution is 6.07. The van der Waals surface area contributed by atoms with E-state index in [1.54, 1.807) is 0 Å². The van der Waals surface area contributed by atoms with E-state index in [9.17, 15) is 22.8 Å². The van der Waals surface area contributed by atoms with E-state index in [0.717, 1.165) is 50.9 Å². The molecule has 2 N–H and O–H groups in total. The van der Waals surface area contributed by atoms with E-state index in [1.807, 2.05) is 31.9 Å². The molecule has 0 aliphatic carbocycles. The van der Waals surface area contributed by atoms with Crippen LogP contribution in [-0.2, 0) is 10.9 Å². The summed E-state index contributed by atoms with van der Waals surface area (Å²) in [6.45, 7) is 9.09. The Morgan fingerprint density at radius 1 is 1.12 bits per heavy atom. The molecule has 2 aromatic rings. The van der Waals surface area contributed by atoms with Crippen LogP contribution in [0.4, 0.5) is 28.9 Å². The molecular formula is C31H39F4N5O3. The van der Waals surface area contributed by atoms with E-state index in [1.165, 1.54) is 12.1 Å². The number of anilines is 2. The number of likely N-dealkylation sites (N-methyl/N-ethyl adjacent to an activating group) is 1. The molecule has 0 spiro atoms. The molecule has 1 amide bonds. The predicted molar refractivity (Wildman–Crippen MR) is 158 cm³/mol. The van der Waals surface area contributed by atoms with Gasteiger partial charge in [0.1, 0.15) is 5.82 Å². The number of nitrogens with zero attached hydrogens (tertiary/aromatic N) is 3. The van der Waals surface area contributed by atoms with Crippen molar-refractivity contribution in [2.24, 2.45) is 5.92 Å². The van der Waals surface area contributed by atoms with Gasteiger partial charge in [0, 0.05) is 75.8 Å². The smallest absolute Gasteiger partial charge is 0.381 e. The minimum absolute atomic E-state index is 0.119. The monoisotopic (exact) mass is 605 g/mol. The van der Waals surface area contributed by atoms with Gasteiger partial charge in [-0.2, -0.15) is 13.2 Å². The summed E-state index contributed by atoms with van der Waals surface area (Å²) < 4.78 is 62.5. The van der Waals surface area contributed by atoms with Crippen molar-refractivity contribution in [3.8, 4) is 0 Å². The second-order valence-electron chi connectivity index (χ2n) is 12.0. The SMILES string of the molecule is CC1CN(c2cc(F)c(C3=CCN(CC4CCOCC4)CC3)cc2NC(=O)c2c[nH]c(=O)cc2C(F)(F)F)CC(C)N1C. The average Bonchev–Trinajstić information content (AvgIpc) is 2.97. The lowest BCUT2D eigenvalue weighted by atomic mass is 9.95. The van der Waals surface area contributed by atoms with Crippen LogP contribution < -0.4 is 15.8 Å². The fourth-order valence-corrected chi connectivity index (χ4v) is 6.27. The molecule has 2 atom stereocenters. The molecular weight excluding hydrogens is 566 g/mol. The maximum atomic E-state index is 15.8. The first kappa shape index (κ1) is 31.2. The number of aromatic nitrogens is 1. The molecule has 2 saturated heterocycles. The van der Waals surface area contributed by atoms with Gasteiger partial charge in [-0.15, -0.1) is 0 Å². The number of aromatic amines is 1. The van der Waals surface area contributed by atoms with Crippen molar-refractivity contribution in [2.75, 3.05) is 63.2 Å². The lowest BCUT2D eigenvalue weighted by molar-refractivity contribution is -0.138. The van der Waals surface area contributed by atoms with Gasteiger partial charge in [-0.3, -0.25) is 19.4 Å². The lowest BCUT2D eigenvalue weighted by Gasteiger charge is -2.44. The zero-order chi connectivity index (χ0) is 30.9. The van der Waals surface area contributed by atoms with E-state index in [4.69, 9.17) is 4.74 Å². The molecule has 1 aromatic carbocycles. The van der Waals surface area contributed by atoms with E-state index in [-0.39, 0.29) is 17.8 Å². The van der Waals surface area contributed by atoms with Gasteiger partial charge in [-0.1, -0.05) is 6.08 Å². The summed E-state index contributed by atoms with van der Waals surface area (Å²) in [7, 11) is 2.01. The van der Waals surface area contributed by atoms with Crippen LogP contribution >= 0.6 is 0 Å². The van der Waals surface area contributed by atoms with Gasteiger partial charge in [0.2, 0.25) is 5.56 Å². The number of carbonyl (C=O) groups is 1. The van der Waals surface area contributed by atoms with Crippen molar-refractivity contribution < 1.29 is 27.1 Å². The van der Waals surface area contributed by atoms with Crippen LogP contribution in [0.2, 0.25) is 0 Å². The predicted octanol–water partition coefficient (Wildman–Crippen LogP) is 4.83. The molecule has 43 heavy (non-hydrogen) atoms. The molecule has 234 valence electrons. The zero-order valence-corrected chi connectivity index (χ0v) is 24.8. The van der Waals surface area contributed by atoms with Crippen LogP contribution in [0.3, 0.4) is 0 Å². The quantitative estimate of drug-likeness (QED) is 0.460. The van der Waals surface area contributed by atoms with Gasteiger partial charge < -0.3 is 19.9 Å². The number of amides is 1. The number of alkyl halides is 3. The molecule has 5 rings (SSSR count). The Kier molecular flexibility index (Phi) is 9.29. The summed E-state index contributed by atoms with van der Waals surface area (Å²) in [5, 5.41) is 2.63. The molecule has 3 aliphatic heterocycles. The number of piperazine rings is 1. The maximum Gasteiger partial charge on any atom is 0.417 e. The summed E-state index contributed by atoms with van der Waals surface area (Å²) in [4.78, 5) is 33.7. The fraction of sp³-hybridized carbons (Fsp3) is 0.548. The molecule has 0 radical (unpaired) electrons. The van der Waals surface area contributed by atoms with Gasteiger partial charge in [-0.25, -0.2) is 4.39 Å². The normalized spacial score (nSPS) is 22.9. The Hall–Kier alpha value is -3.22. The summed E-state index contributed by atoms with van der Waals surface area (Å²) in [5.41, 5.74) is -1.29. The number of nitrogens with one attached hydrogen (secondary N) is 2. The van der Waals surface area contributed by atoms with E-state index < -0.39 is 34.6 Å². The van der Waals surface area contributed by atoms with E-state index in [0.29, 0.717) is 49.3 Å². The molecule has 2 unspecified atom stereocenters. The van der Waals surface area contributed by atoms with E-state index >= 15 is 4.39 Å². The first-order valence-electron chi connectivity index (χ1n) is 14.8. The van der Waals surface area contributed by atoms with Crippen molar-refractivity contribution in [3.63, 3.8) is 0 Å². The van der Waals surface area contributed by atoms with Gasteiger partial charge in [0.15, 0.2) is 0 Å². The van der Waals surface area contributed by atoms with Crippen molar-refractivity contribution in [2.45, 2.75) is 51.4 Å². The van der Waals surface area contributed by atoms with E-state index in [2.05, 4.69) is 20.1 Å². The molecule has 12 heteroatoms. The van der Waals surface area contributed by atoms with Crippen molar-refractivity contribution in [1.29, 1.82) is 0 Å². The Morgan fingerprint density at radius 3 is 2.44 bits per heavy atom. The molecule has 1 aromatic heterocycles. The van der Waals surface area contributed by atoms with Crippen LogP contribution in [0, 0.1) is 11.7 Å². The summed E-state index contributed by atoms with van der Waals surface area (Å²) in [5.74, 6) is -0.918. The summed E-state index contributed by atoms with van der Waals surface area (Å²) >= 11 is 0. The second kappa shape index (κ2) is 12.8. The number of carbonyl (C=O) groups excluding carboxylic acids is 1. The van der Waals surface area contributed by atoms with Crippen LogP contribution in [-0.4, -0.2) is 85.8 Å². The molecule has 0 saturated carbocycles. The Morgan fingerprint density at radius 2 is 1.81 bits per heavy atom. The topological polar surface area (TPSA) is 80.9 Å². The van der Waals surface area contributed by atoms with Crippen LogP contribution in [0.15, 0.2) is 35.3 Å². The number of hydrogen-bond donors (Lipinski definition) is 2. The Labute approximate surface area is 248 Å². The molecule has 8 nitrogen and oxygen atoms in total. The molecule has 4 heterocycles. The van der Waals surface area contributed by atoms with Crippen molar-refractivity contribution in [1.82, 2.24) is 14.8 Å². The lowest BCUT2D eigenvalue weighted by Crippen LogP contribution is -2.55. The third-order valence-corrected chi connectivity index (χ3v) is 9.00. The number of halogens is 4. The van der Waals surface area contributed by atoms with Gasteiger partial charge >= 0.3 is 6.18 Å². The highest BCUT2D eigenvalue weighted by Crippen LogP contribution is 2.37. The van der Waals surface area contributed by atoms with Gasteiger partial charge in [0.05, 0.1) is 22.5 Å². The zero-order valence-electron chi connectivity index (χ0n) is 24.8. The number of hydrogen-bond acceptors (Lipinski definition) is 6. The standard InChI is InChI=1S/C31H39F4N5O3/c1-19-16-40(17-20(2)38(19)3)28-14-26(32)23(22-4-8-39(9-5-22)18-21-6-10-43-11-7-21)12-27(28)37-30(42)24-15-36-29(41)13-25(24)31(33,34)35/h4,12-15,19-21H,5-11,16-18H2,1-3H3,(H,36,41)(H,37,42). The highest BCUT2D eigenvalue weighted by Gasteiger charge is 2.36. The van der Waals surface area contributed by atoms with Crippen LogP contribution in [0.25, 0.3) is 5.57 Å². The Balaban J connectivity index is 1.47. The number of benzene rings is 1. The van der Waals surface area contributed by atoms with Gasteiger partial charge in [0.25, 0.3) is 5.91 Å². The minimum atomic E-state index is -4.91. The van der Waals surface area contributed by atoms with Crippen LogP contribution in [0.1, 0.15) is 54.6 Å². The third-order valence-electron chi connectivity index (χ3n) is 9.00. The highest BCUT2D eigenvalue weighted by atomic mass is 19.4. The number of rotatable bonds is 6. The Bertz CT molecular complexity index is 1410. The maximum absolute atomic E-state index is 15.8. The first-order chi connectivity index (χ1) is 20.4. The number of ether oxygens (including phenoxy) is 1. The second-order valence-corrected chi connectivity index (χ2v) is 12.0. The van der Waals surface area contributed by atoms with Crippen molar-refractivity contribution >= 4 is 22.9 Å². The van der Waals surface area contributed by atoms with Crippen LogP contribution in [0.5, 0.6) is 0 Å². The molecule has 0 bridgehead atoms. The number of pyridine rings is 1. The summed E-state index contributed by atoms with van der Waals surface area (Å²) in [6.07, 6.45) is 0.511. The van der Waals surface area contributed by atoms with Gasteiger partial charge in [-0.05, 0) is 63.8 Å². The average molecular weight is 606 g/mol. The largest absolute Gasteiger partial charge is 0.417 e. The third kappa shape index (κ3) is 7.13. The van der Waals surface area contributed by atoms with Crippen molar-refractivity contribution in [3.05, 3.63) is 63.3 Å².